The van der Waals surface area contributed by atoms with Crippen molar-refractivity contribution in [2.24, 2.45) is 0 Å². The van der Waals surface area contributed by atoms with Crippen LogP contribution in [0.15, 0.2) is 30.3 Å². The lowest BCUT2D eigenvalue weighted by molar-refractivity contribution is 0.178. The molecule has 0 fully saturated rings. The molecule has 0 radical (unpaired) electrons. The standard InChI is InChI=1S/C12H13FN4O/c1-18-7-12-16-10(14)6-11(17-12)15-9-4-2-8(13)3-5-9/h2-6H,7H2,1H3,(H3,14,15,16,17). The number of rotatable bonds is 4. The number of hydrogen-bond donors (Lipinski definition) is 2. The van der Waals surface area contributed by atoms with Crippen LogP contribution in [0.3, 0.4) is 0 Å². The summed E-state index contributed by atoms with van der Waals surface area (Å²) < 4.78 is 17.7. The van der Waals surface area contributed by atoms with Gasteiger partial charge in [0.05, 0.1) is 0 Å². The number of anilines is 3. The average molecular weight is 248 g/mol. The number of nitrogen functional groups attached to an aromatic ring is 1. The monoisotopic (exact) mass is 248 g/mol. The predicted molar refractivity (Wildman–Crippen MR) is 66.8 cm³/mol. The molecule has 5 nitrogen and oxygen atoms in total. The van der Waals surface area contributed by atoms with E-state index in [0.717, 1.165) is 5.69 Å². The largest absolute Gasteiger partial charge is 0.384 e. The Hall–Kier alpha value is -2.21. The van der Waals surface area contributed by atoms with E-state index >= 15 is 0 Å². The zero-order valence-electron chi connectivity index (χ0n) is 9.85. The Morgan fingerprint density at radius 3 is 2.67 bits per heavy atom. The van der Waals surface area contributed by atoms with Crippen molar-refractivity contribution in [3.63, 3.8) is 0 Å². The van der Waals surface area contributed by atoms with Crippen LogP contribution < -0.4 is 11.1 Å². The van der Waals surface area contributed by atoms with Gasteiger partial charge in [-0.1, -0.05) is 0 Å². The number of aromatic nitrogens is 2. The second kappa shape index (κ2) is 5.42. The number of methoxy groups -OCH3 is 1. The van der Waals surface area contributed by atoms with Crippen LogP contribution in [0.4, 0.5) is 21.7 Å². The average Bonchev–Trinajstić information content (AvgIpc) is 2.32. The first-order chi connectivity index (χ1) is 8.67. The molecule has 1 aromatic carbocycles. The lowest BCUT2D eigenvalue weighted by Crippen LogP contribution is -2.04. The minimum Gasteiger partial charge on any atom is -0.384 e. The first kappa shape index (κ1) is 12.3. The number of nitrogens with one attached hydrogen (secondary N) is 1. The molecule has 0 spiro atoms. The van der Waals surface area contributed by atoms with Crippen molar-refractivity contribution < 1.29 is 9.13 Å². The third-order valence-electron chi connectivity index (χ3n) is 2.18. The van der Waals surface area contributed by atoms with Crippen molar-refractivity contribution in [2.75, 3.05) is 18.2 Å². The number of nitrogens with zero attached hydrogens (tertiary/aromatic N) is 2. The van der Waals surface area contributed by atoms with E-state index in [2.05, 4.69) is 15.3 Å². The van der Waals surface area contributed by atoms with Crippen molar-refractivity contribution in [2.45, 2.75) is 6.61 Å². The van der Waals surface area contributed by atoms with Crippen LogP contribution in [0.2, 0.25) is 0 Å². The number of ether oxygens (including phenoxy) is 1. The first-order valence-corrected chi connectivity index (χ1v) is 5.32. The summed E-state index contributed by atoms with van der Waals surface area (Å²) in [6.45, 7) is 0.281. The van der Waals surface area contributed by atoms with Gasteiger partial charge in [-0.2, -0.15) is 0 Å². The van der Waals surface area contributed by atoms with E-state index in [9.17, 15) is 4.39 Å². The molecular formula is C12H13FN4O. The summed E-state index contributed by atoms with van der Waals surface area (Å²) >= 11 is 0. The van der Waals surface area contributed by atoms with Gasteiger partial charge in [0.25, 0.3) is 0 Å². The molecule has 0 unspecified atom stereocenters. The minimum atomic E-state index is -0.289. The van der Waals surface area contributed by atoms with Crippen LogP contribution in [-0.4, -0.2) is 17.1 Å². The van der Waals surface area contributed by atoms with E-state index < -0.39 is 0 Å². The molecule has 0 atom stereocenters. The SMILES string of the molecule is COCc1nc(N)cc(Nc2ccc(F)cc2)n1. The van der Waals surface area contributed by atoms with Gasteiger partial charge in [-0.25, -0.2) is 14.4 Å². The molecule has 2 rings (SSSR count). The molecule has 1 aromatic heterocycles. The Morgan fingerprint density at radius 2 is 2.00 bits per heavy atom. The van der Waals surface area contributed by atoms with Gasteiger partial charge in [0.2, 0.25) is 0 Å². The maximum absolute atomic E-state index is 12.8. The molecule has 6 heteroatoms. The third-order valence-corrected chi connectivity index (χ3v) is 2.18. The van der Waals surface area contributed by atoms with Crippen LogP contribution in [0.5, 0.6) is 0 Å². The highest BCUT2D eigenvalue weighted by molar-refractivity contribution is 5.58. The smallest absolute Gasteiger partial charge is 0.158 e. The highest BCUT2D eigenvalue weighted by Gasteiger charge is 2.03. The van der Waals surface area contributed by atoms with Gasteiger partial charge < -0.3 is 15.8 Å². The van der Waals surface area contributed by atoms with Crippen LogP contribution in [-0.2, 0) is 11.3 Å². The maximum atomic E-state index is 12.8. The minimum absolute atomic E-state index is 0.281. The van der Waals surface area contributed by atoms with Gasteiger partial charge in [0.1, 0.15) is 24.1 Å². The quantitative estimate of drug-likeness (QED) is 0.866. The van der Waals surface area contributed by atoms with E-state index in [1.165, 1.54) is 12.1 Å². The lowest BCUT2D eigenvalue weighted by atomic mass is 10.3. The fourth-order valence-electron chi connectivity index (χ4n) is 1.46. The molecule has 18 heavy (non-hydrogen) atoms. The molecule has 0 bridgehead atoms. The Bertz CT molecular complexity index is 530. The van der Waals surface area contributed by atoms with Gasteiger partial charge in [-0.15, -0.1) is 0 Å². The molecule has 0 aliphatic rings. The summed E-state index contributed by atoms with van der Waals surface area (Å²) in [5, 5.41) is 3.02. The first-order valence-electron chi connectivity index (χ1n) is 5.32. The molecular weight excluding hydrogens is 235 g/mol. The molecule has 0 amide bonds. The Kier molecular flexibility index (Phi) is 3.69. The highest BCUT2D eigenvalue weighted by atomic mass is 19.1. The van der Waals surface area contributed by atoms with Crippen LogP contribution in [0, 0.1) is 5.82 Å². The fraction of sp³-hybridized carbons (Fsp3) is 0.167. The number of halogens is 1. The van der Waals surface area contributed by atoms with Crippen molar-refractivity contribution in [3.05, 3.63) is 42.0 Å². The predicted octanol–water partition coefficient (Wildman–Crippen LogP) is 2.09. The van der Waals surface area contributed by atoms with E-state index in [4.69, 9.17) is 10.5 Å². The summed E-state index contributed by atoms with van der Waals surface area (Å²) in [4.78, 5) is 8.24. The zero-order valence-corrected chi connectivity index (χ0v) is 9.85. The summed E-state index contributed by atoms with van der Waals surface area (Å²) in [5.41, 5.74) is 6.38. The normalized spacial score (nSPS) is 10.3. The van der Waals surface area contributed by atoms with Gasteiger partial charge in [0.15, 0.2) is 5.82 Å². The molecule has 0 saturated heterocycles. The highest BCUT2D eigenvalue weighted by Crippen LogP contribution is 2.16. The molecule has 2 aromatic rings. The third kappa shape index (κ3) is 3.14. The van der Waals surface area contributed by atoms with Crippen molar-refractivity contribution >= 4 is 17.3 Å². The molecule has 0 aliphatic carbocycles. The number of benzene rings is 1. The van der Waals surface area contributed by atoms with Gasteiger partial charge in [-0.3, -0.25) is 0 Å². The maximum Gasteiger partial charge on any atom is 0.158 e. The summed E-state index contributed by atoms with van der Waals surface area (Å²) in [5.74, 6) is 1.09. The lowest BCUT2D eigenvalue weighted by Gasteiger charge is -2.08. The topological polar surface area (TPSA) is 73.1 Å². The molecule has 1 heterocycles. The molecule has 0 saturated carbocycles. The van der Waals surface area contributed by atoms with Gasteiger partial charge in [-0.05, 0) is 24.3 Å². The molecule has 0 aliphatic heterocycles. The van der Waals surface area contributed by atoms with E-state index in [1.54, 1.807) is 25.3 Å². The second-order valence-corrected chi connectivity index (χ2v) is 3.66. The molecule has 3 N–H and O–H groups in total. The second-order valence-electron chi connectivity index (χ2n) is 3.66. The van der Waals surface area contributed by atoms with Crippen LogP contribution in [0.25, 0.3) is 0 Å². The van der Waals surface area contributed by atoms with Crippen LogP contribution in [0.1, 0.15) is 5.82 Å². The summed E-state index contributed by atoms with van der Waals surface area (Å²) in [7, 11) is 1.56. The summed E-state index contributed by atoms with van der Waals surface area (Å²) in [6.07, 6.45) is 0. The Labute approximate surface area is 104 Å². The number of nitrogens with two attached hydrogens (primary N) is 1. The number of hydrogen-bond acceptors (Lipinski definition) is 5. The van der Waals surface area contributed by atoms with E-state index in [0.29, 0.717) is 17.5 Å². The van der Waals surface area contributed by atoms with E-state index in [1.807, 2.05) is 0 Å². The van der Waals surface area contributed by atoms with Gasteiger partial charge >= 0.3 is 0 Å². The van der Waals surface area contributed by atoms with Crippen molar-refractivity contribution in [3.8, 4) is 0 Å². The summed E-state index contributed by atoms with van der Waals surface area (Å²) in [6, 6.07) is 7.56. The Morgan fingerprint density at radius 1 is 1.28 bits per heavy atom. The zero-order chi connectivity index (χ0) is 13.0. The fourth-order valence-corrected chi connectivity index (χ4v) is 1.46. The van der Waals surface area contributed by atoms with E-state index in [-0.39, 0.29) is 12.4 Å². The van der Waals surface area contributed by atoms with Gasteiger partial charge in [0, 0.05) is 18.9 Å². The molecule has 94 valence electrons. The Balaban J connectivity index is 2.20. The van der Waals surface area contributed by atoms with Crippen molar-refractivity contribution in [1.82, 2.24) is 9.97 Å². The van der Waals surface area contributed by atoms with Crippen LogP contribution >= 0.6 is 0 Å². The van der Waals surface area contributed by atoms with Crippen molar-refractivity contribution in [1.29, 1.82) is 0 Å².